The first-order chi connectivity index (χ1) is 7.85. The number of hydrogen-bond acceptors (Lipinski definition) is 2. The summed E-state index contributed by atoms with van der Waals surface area (Å²) in [5.41, 5.74) is 7.46. The van der Waals surface area contributed by atoms with Crippen LogP contribution in [0.5, 0.6) is 5.75 Å². The third kappa shape index (κ3) is 2.57. The smallest absolute Gasteiger partial charge is 0.278 e. The molecule has 0 fully saturated rings. The number of methoxy groups -OCH3 is 1. The van der Waals surface area contributed by atoms with Gasteiger partial charge in [-0.15, -0.1) is 0 Å². The van der Waals surface area contributed by atoms with E-state index < -0.39 is 5.92 Å². The van der Waals surface area contributed by atoms with E-state index in [1.807, 2.05) is 6.92 Å². The van der Waals surface area contributed by atoms with Gasteiger partial charge in [-0.05, 0) is 44.0 Å². The molecule has 17 heavy (non-hydrogen) atoms. The molecule has 4 heteroatoms. The first-order valence-electron chi connectivity index (χ1n) is 5.58. The van der Waals surface area contributed by atoms with Crippen LogP contribution >= 0.6 is 0 Å². The van der Waals surface area contributed by atoms with Crippen molar-refractivity contribution in [1.82, 2.24) is 0 Å². The molecule has 0 amide bonds. The Morgan fingerprint density at radius 3 is 2.29 bits per heavy atom. The van der Waals surface area contributed by atoms with Gasteiger partial charge in [0.1, 0.15) is 5.75 Å². The maximum Gasteiger partial charge on any atom is 0.278 e. The number of halogens is 2. The molecule has 0 aromatic heterocycles. The predicted molar refractivity (Wildman–Crippen MR) is 64.8 cm³/mol. The lowest BCUT2D eigenvalue weighted by atomic mass is 9.93. The molecular weight excluding hydrogens is 224 g/mol. The molecule has 96 valence electrons. The van der Waals surface area contributed by atoms with Gasteiger partial charge in [0.15, 0.2) is 0 Å². The standard InChI is InChI=1S/C13H19F2NO/c1-8-7-9(2)11(12(17-4)10(8)3)13(14,15)5-6-16/h7H,5-6,16H2,1-4H3. The fraction of sp³-hybridized carbons (Fsp3) is 0.538. The molecule has 0 aliphatic heterocycles. The number of ether oxygens (including phenoxy) is 1. The van der Waals surface area contributed by atoms with E-state index in [1.54, 1.807) is 19.9 Å². The summed E-state index contributed by atoms with van der Waals surface area (Å²) in [4.78, 5) is 0. The van der Waals surface area contributed by atoms with Crippen molar-refractivity contribution in [3.8, 4) is 5.75 Å². The molecule has 0 aliphatic rings. The minimum Gasteiger partial charge on any atom is -0.496 e. The molecule has 1 aromatic carbocycles. The topological polar surface area (TPSA) is 35.2 Å². The van der Waals surface area contributed by atoms with Gasteiger partial charge in [0.25, 0.3) is 5.92 Å². The molecule has 0 atom stereocenters. The summed E-state index contributed by atoms with van der Waals surface area (Å²) in [5.74, 6) is -2.66. The highest BCUT2D eigenvalue weighted by atomic mass is 19.3. The summed E-state index contributed by atoms with van der Waals surface area (Å²) in [5, 5.41) is 0. The van der Waals surface area contributed by atoms with Crippen LogP contribution in [0.2, 0.25) is 0 Å². The Balaban J connectivity index is 3.46. The van der Waals surface area contributed by atoms with Gasteiger partial charge in [0.2, 0.25) is 0 Å². The van der Waals surface area contributed by atoms with Crippen LogP contribution < -0.4 is 10.5 Å². The fourth-order valence-corrected chi connectivity index (χ4v) is 2.07. The average molecular weight is 243 g/mol. The molecule has 1 aromatic rings. The van der Waals surface area contributed by atoms with Crippen molar-refractivity contribution in [2.75, 3.05) is 13.7 Å². The Morgan fingerprint density at radius 1 is 1.24 bits per heavy atom. The Bertz CT molecular complexity index is 416. The largest absolute Gasteiger partial charge is 0.496 e. The Hall–Kier alpha value is -1.16. The average Bonchev–Trinajstić information content (AvgIpc) is 2.22. The van der Waals surface area contributed by atoms with Gasteiger partial charge in [0.05, 0.1) is 12.7 Å². The lowest BCUT2D eigenvalue weighted by Crippen LogP contribution is -2.21. The zero-order valence-corrected chi connectivity index (χ0v) is 10.7. The van der Waals surface area contributed by atoms with E-state index in [-0.39, 0.29) is 24.3 Å². The molecule has 0 heterocycles. The maximum atomic E-state index is 14.0. The summed E-state index contributed by atoms with van der Waals surface area (Å²) in [6, 6.07) is 1.76. The molecule has 2 N–H and O–H groups in total. The van der Waals surface area contributed by atoms with Crippen LogP contribution in [0.15, 0.2) is 6.07 Å². The molecular formula is C13H19F2NO. The molecule has 0 aliphatic carbocycles. The highest BCUT2D eigenvalue weighted by Crippen LogP contribution is 2.42. The van der Waals surface area contributed by atoms with Gasteiger partial charge >= 0.3 is 0 Å². The lowest BCUT2D eigenvalue weighted by Gasteiger charge is -2.23. The Labute approximate surface area is 101 Å². The SMILES string of the molecule is COc1c(C)c(C)cc(C)c1C(F)(F)CCN. The number of alkyl halides is 2. The van der Waals surface area contributed by atoms with E-state index in [9.17, 15) is 8.78 Å². The van der Waals surface area contributed by atoms with E-state index >= 15 is 0 Å². The number of nitrogens with two attached hydrogens (primary N) is 1. The van der Waals surface area contributed by atoms with E-state index in [2.05, 4.69) is 0 Å². The van der Waals surface area contributed by atoms with Gasteiger partial charge in [-0.25, -0.2) is 8.78 Å². The lowest BCUT2D eigenvalue weighted by molar-refractivity contribution is -0.0135. The van der Waals surface area contributed by atoms with Gasteiger partial charge < -0.3 is 10.5 Å². The summed E-state index contributed by atoms with van der Waals surface area (Å²) < 4.78 is 33.2. The summed E-state index contributed by atoms with van der Waals surface area (Å²) in [6.45, 7) is 5.29. The number of rotatable bonds is 4. The second kappa shape index (κ2) is 5.00. The summed E-state index contributed by atoms with van der Waals surface area (Å²) in [7, 11) is 1.42. The van der Waals surface area contributed by atoms with Crippen molar-refractivity contribution >= 4 is 0 Å². The van der Waals surface area contributed by atoms with Gasteiger partial charge in [0, 0.05) is 6.42 Å². The zero-order valence-electron chi connectivity index (χ0n) is 10.7. The third-order valence-corrected chi connectivity index (χ3v) is 3.01. The highest BCUT2D eigenvalue weighted by Gasteiger charge is 2.36. The minimum atomic E-state index is -2.94. The fourth-order valence-electron chi connectivity index (χ4n) is 2.07. The van der Waals surface area contributed by atoms with E-state index in [4.69, 9.17) is 10.5 Å². The van der Waals surface area contributed by atoms with Crippen molar-refractivity contribution in [1.29, 1.82) is 0 Å². The van der Waals surface area contributed by atoms with Crippen LogP contribution in [0.3, 0.4) is 0 Å². The monoisotopic (exact) mass is 243 g/mol. The normalized spacial score (nSPS) is 11.7. The molecule has 2 nitrogen and oxygen atoms in total. The maximum absolute atomic E-state index is 14.0. The van der Waals surface area contributed by atoms with Gasteiger partial charge in [-0.3, -0.25) is 0 Å². The number of aryl methyl sites for hydroxylation is 2. The van der Waals surface area contributed by atoms with E-state index in [0.717, 1.165) is 11.1 Å². The molecule has 1 rings (SSSR count). The molecule has 0 saturated heterocycles. The Kier molecular flexibility index (Phi) is 4.09. The van der Waals surface area contributed by atoms with Gasteiger partial charge in [-0.1, -0.05) is 6.07 Å². The van der Waals surface area contributed by atoms with Crippen LogP contribution in [0.1, 0.15) is 28.7 Å². The molecule has 0 unspecified atom stereocenters. The minimum absolute atomic E-state index is 0.0337. The first-order valence-corrected chi connectivity index (χ1v) is 5.58. The second-order valence-corrected chi connectivity index (χ2v) is 4.29. The molecule has 0 radical (unpaired) electrons. The predicted octanol–water partition coefficient (Wildman–Crippen LogP) is 3.06. The van der Waals surface area contributed by atoms with Gasteiger partial charge in [-0.2, -0.15) is 0 Å². The van der Waals surface area contributed by atoms with Crippen molar-refractivity contribution in [2.45, 2.75) is 33.1 Å². The van der Waals surface area contributed by atoms with Crippen LogP contribution in [0.4, 0.5) is 8.78 Å². The van der Waals surface area contributed by atoms with Crippen LogP contribution in [0, 0.1) is 20.8 Å². The third-order valence-electron chi connectivity index (χ3n) is 3.01. The first kappa shape index (κ1) is 13.9. The van der Waals surface area contributed by atoms with Crippen molar-refractivity contribution in [3.63, 3.8) is 0 Å². The summed E-state index contributed by atoms with van der Waals surface area (Å²) >= 11 is 0. The number of hydrogen-bond donors (Lipinski definition) is 1. The highest BCUT2D eigenvalue weighted by molar-refractivity contribution is 5.51. The van der Waals surface area contributed by atoms with E-state index in [1.165, 1.54) is 7.11 Å². The molecule has 0 spiro atoms. The zero-order chi connectivity index (χ0) is 13.2. The van der Waals surface area contributed by atoms with Crippen LogP contribution in [-0.2, 0) is 5.92 Å². The second-order valence-electron chi connectivity index (χ2n) is 4.29. The summed E-state index contributed by atoms with van der Waals surface area (Å²) in [6.07, 6.45) is -0.368. The van der Waals surface area contributed by atoms with Crippen molar-refractivity contribution < 1.29 is 13.5 Å². The Morgan fingerprint density at radius 2 is 1.82 bits per heavy atom. The van der Waals surface area contributed by atoms with E-state index in [0.29, 0.717) is 5.56 Å². The van der Waals surface area contributed by atoms with Crippen LogP contribution in [0.25, 0.3) is 0 Å². The van der Waals surface area contributed by atoms with Crippen LogP contribution in [-0.4, -0.2) is 13.7 Å². The van der Waals surface area contributed by atoms with Crippen molar-refractivity contribution in [3.05, 3.63) is 28.3 Å². The quantitative estimate of drug-likeness (QED) is 0.882. The number of benzene rings is 1. The van der Waals surface area contributed by atoms with Crippen molar-refractivity contribution in [2.24, 2.45) is 5.73 Å². The molecule has 0 bridgehead atoms. The molecule has 0 saturated carbocycles.